The molecule has 2 aromatic carbocycles. The lowest BCUT2D eigenvalue weighted by molar-refractivity contribution is 0.574. The summed E-state index contributed by atoms with van der Waals surface area (Å²) in [5.74, 6) is 1.74. The Labute approximate surface area is 156 Å². The monoisotopic (exact) mass is 363 g/mol. The minimum atomic E-state index is 0.711. The SMILES string of the molecule is Clc1ccc(-c2nnc3c(N4CCCCC4)nc4ccccc4n23)cc1. The molecule has 0 saturated carbocycles. The van der Waals surface area contributed by atoms with Crippen LogP contribution < -0.4 is 4.90 Å². The largest absolute Gasteiger partial charge is 0.353 e. The van der Waals surface area contributed by atoms with Crippen LogP contribution in [0, 0.1) is 0 Å². The zero-order valence-corrected chi connectivity index (χ0v) is 15.0. The molecule has 0 unspecified atom stereocenters. The zero-order valence-electron chi connectivity index (χ0n) is 14.3. The Hall–Kier alpha value is -2.66. The fraction of sp³-hybridized carbons (Fsp3) is 0.250. The summed E-state index contributed by atoms with van der Waals surface area (Å²) in [5, 5.41) is 9.73. The van der Waals surface area contributed by atoms with E-state index in [1.807, 2.05) is 42.5 Å². The smallest absolute Gasteiger partial charge is 0.204 e. The van der Waals surface area contributed by atoms with Gasteiger partial charge in [0.15, 0.2) is 11.6 Å². The van der Waals surface area contributed by atoms with Gasteiger partial charge in [0.05, 0.1) is 11.0 Å². The van der Waals surface area contributed by atoms with Crippen LogP contribution in [0.4, 0.5) is 5.82 Å². The molecule has 5 nitrogen and oxygen atoms in total. The quantitative estimate of drug-likeness (QED) is 0.522. The molecule has 0 radical (unpaired) electrons. The summed E-state index contributed by atoms with van der Waals surface area (Å²) in [4.78, 5) is 7.27. The van der Waals surface area contributed by atoms with Crippen molar-refractivity contribution in [2.24, 2.45) is 0 Å². The van der Waals surface area contributed by atoms with Crippen molar-refractivity contribution < 1.29 is 0 Å². The maximum absolute atomic E-state index is 6.05. The van der Waals surface area contributed by atoms with Crippen LogP contribution in [0.3, 0.4) is 0 Å². The molecule has 0 spiro atoms. The molecular formula is C20H18ClN5. The number of aromatic nitrogens is 4. The summed E-state index contributed by atoms with van der Waals surface area (Å²) >= 11 is 6.05. The van der Waals surface area contributed by atoms with Gasteiger partial charge in [0.25, 0.3) is 0 Å². The van der Waals surface area contributed by atoms with E-state index in [-0.39, 0.29) is 0 Å². The minimum Gasteiger partial charge on any atom is -0.353 e. The number of anilines is 1. The highest BCUT2D eigenvalue weighted by Crippen LogP contribution is 2.30. The van der Waals surface area contributed by atoms with Gasteiger partial charge in [-0.1, -0.05) is 23.7 Å². The van der Waals surface area contributed by atoms with E-state index >= 15 is 0 Å². The van der Waals surface area contributed by atoms with Crippen LogP contribution in [-0.4, -0.2) is 32.7 Å². The van der Waals surface area contributed by atoms with E-state index in [1.165, 1.54) is 19.3 Å². The highest BCUT2D eigenvalue weighted by Gasteiger charge is 2.21. The standard InChI is InChI=1S/C20H18ClN5/c21-15-10-8-14(9-11-15)18-23-24-20-19(25-12-4-1-5-13-25)22-16-6-2-3-7-17(16)26(18)20/h2-3,6-11H,1,4-5,12-13H2. The number of benzene rings is 2. The van der Waals surface area contributed by atoms with Crippen molar-refractivity contribution in [1.82, 2.24) is 19.6 Å². The van der Waals surface area contributed by atoms with E-state index in [2.05, 4.69) is 25.6 Å². The highest BCUT2D eigenvalue weighted by molar-refractivity contribution is 6.30. The van der Waals surface area contributed by atoms with E-state index in [1.54, 1.807) is 0 Å². The van der Waals surface area contributed by atoms with Gasteiger partial charge in [-0.05, 0) is 55.7 Å². The Morgan fingerprint density at radius 1 is 0.846 bits per heavy atom. The molecule has 0 amide bonds. The van der Waals surface area contributed by atoms with Crippen LogP contribution in [0.1, 0.15) is 19.3 Å². The van der Waals surface area contributed by atoms with Crippen molar-refractivity contribution in [3.63, 3.8) is 0 Å². The molecule has 5 rings (SSSR count). The molecule has 2 aromatic heterocycles. The maximum Gasteiger partial charge on any atom is 0.204 e. The number of hydrogen-bond donors (Lipinski definition) is 0. The maximum atomic E-state index is 6.05. The Balaban J connectivity index is 1.80. The molecule has 130 valence electrons. The Bertz CT molecular complexity index is 1080. The second-order valence-corrected chi connectivity index (χ2v) is 7.10. The molecule has 0 bridgehead atoms. The van der Waals surface area contributed by atoms with E-state index in [0.29, 0.717) is 5.02 Å². The third-order valence-corrected chi connectivity index (χ3v) is 5.22. The van der Waals surface area contributed by atoms with E-state index in [4.69, 9.17) is 16.6 Å². The van der Waals surface area contributed by atoms with Crippen molar-refractivity contribution in [3.05, 3.63) is 53.6 Å². The predicted octanol–water partition coefficient (Wildman–Crippen LogP) is 4.59. The van der Waals surface area contributed by atoms with Crippen molar-refractivity contribution >= 4 is 34.1 Å². The number of piperidine rings is 1. The third kappa shape index (κ3) is 2.51. The molecule has 6 heteroatoms. The first kappa shape index (κ1) is 15.6. The second kappa shape index (κ2) is 6.25. The first-order valence-corrected chi connectivity index (χ1v) is 9.34. The Morgan fingerprint density at radius 3 is 2.42 bits per heavy atom. The van der Waals surface area contributed by atoms with Crippen molar-refractivity contribution in [1.29, 1.82) is 0 Å². The summed E-state index contributed by atoms with van der Waals surface area (Å²) in [6.45, 7) is 2.04. The number of halogens is 1. The van der Waals surface area contributed by atoms with Crippen molar-refractivity contribution in [2.75, 3.05) is 18.0 Å². The van der Waals surface area contributed by atoms with Gasteiger partial charge in [-0.15, -0.1) is 10.2 Å². The van der Waals surface area contributed by atoms with Crippen LogP contribution in [0.5, 0.6) is 0 Å². The molecule has 0 atom stereocenters. The number of fused-ring (bicyclic) bond motifs is 3. The minimum absolute atomic E-state index is 0.711. The zero-order chi connectivity index (χ0) is 17.5. The summed E-state index contributed by atoms with van der Waals surface area (Å²) in [6, 6.07) is 15.9. The van der Waals surface area contributed by atoms with Crippen LogP contribution in [0.2, 0.25) is 5.02 Å². The van der Waals surface area contributed by atoms with Gasteiger partial charge in [-0.2, -0.15) is 0 Å². The summed E-state index contributed by atoms with van der Waals surface area (Å²) in [7, 11) is 0. The number of hydrogen-bond acceptors (Lipinski definition) is 4. The normalized spacial score (nSPS) is 15.0. The number of rotatable bonds is 2. The van der Waals surface area contributed by atoms with Gasteiger partial charge in [-0.25, -0.2) is 4.98 Å². The Morgan fingerprint density at radius 2 is 1.62 bits per heavy atom. The molecule has 0 N–H and O–H groups in total. The predicted molar refractivity (Wildman–Crippen MR) is 105 cm³/mol. The molecule has 1 saturated heterocycles. The fourth-order valence-corrected chi connectivity index (χ4v) is 3.80. The first-order chi connectivity index (χ1) is 12.8. The molecule has 1 fully saturated rings. The lowest BCUT2D eigenvalue weighted by atomic mass is 10.1. The first-order valence-electron chi connectivity index (χ1n) is 8.96. The molecule has 3 heterocycles. The van der Waals surface area contributed by atoms with Crippen LogP contribution in [0.15, 0.2) is 48.5 Å². The van der Waals surface area contributed by atoms with Gasteiger partial charge < -0.3 is 4.90 Å². The summed E-state index contributed by atoms with van der Waals surface area (Å²) in [5.41, 5.74) is 3.77. The fourth-order valence-electron chi connectivity index (χ4n) is 3.67. The van der Waals surface area contributed by atoms with Gasteiger partial charge in [0.2, 0.25) is 5.65 Å². The van der Waals surface area contributed by atoms with Gasteiger partial charge >= 0.3 is 0 Å². The van der Waals surface area contributed by atoms with Gasteiger partial charge in [0.1, 0.15) is 0 Å². The van der Waals surface area contributed by atoms with Gasteiger partial charge in [0, 0.05) is 23.7 Å². The topological polar surface area (TPSA) is 46.3 Å². The second-order valence-electron chi connectivity index (χ2n) is 6.66. The lowest BCUT2D eigenvalue weighted by Gasteiger charge is -2.28. The molecule has 26 heavy (non-hydrogen) atoms. The molecule has 4 aromatic rings. The number of nitrogens with zero attached hydrogens (tertiary/aromatic N) is 5. The highest BCUT2D eigenvalue weighted by atomic mass is 35.5. The number of para-hydroxylation sites is 2. The van der Waals surface area contributed by atoms with Crippen LogP contribution in [0.25, 0.3) is 28.1 Å². The molecule has 1 aliphatic heterocycles. The molecular weight excluding hydrogens is 346 g/mol. The molecule has 0 aliphatic carbocycles. The van der Waals surface area contributed by atoms with E-state index < -0.39 is 0 Å². The summed E-state index contributed by atoms with van der Waals surface area (Å²) < 4.78 is 2.12. The van der Waals surface area contributed by atoms with Crippen LogP contribution >= 0.6 is 11.6 Å². The van der Waals surface area contributed by atoms with Gasteiger partial charge in [-0.3, -0.25) is 4.40 Å². The Kier molecular flexibility index (Phi) is 3.75. The van der Waals surface area contributed by atoms with Crippen LogP contribution in [-0.2, 0) is 0 Å². The van der Waals surface area contributed by atoms with Crippen molar-refractivity contribution in [3.8, 4) is 11.4 Å². The lowest BCUT2D eigenvalue weighted by Crippen LogP contribution is -2.30. The third-order valence-electron chi connectivity index (χ3n) is 4.97. The molecule has 1 aliphatic rings. The van der Waals surface area contributed by atoms with Crippen molar-refractivity contribution in [2.45, 2.75) is 19.3 Å². The van der Waals surface area contributed by atoms with E-state index in [9.17, 15) is 0 Å². The average molecular weight is 364 g/mol. The summed E-state index contributed by atoms with van der Waals surface area (Å²) in [6.07, 6.45) is 3.67. The average Bonchev–Trinajstić information content (AvgIpc) is 3.14. The van der Waals surface area contributed by atoms with E-state index in [0.717, 1.165) is 47.0 Å².